The summed E-state index contributed by atoms with van der Waals surface area (Å²) >= 11 is 0. The Hall–Kier alpha value is -3.82. The summed E-state index contributed by atoms with van der Waals surface area (Å²) < 4.78 is 5.09. The van der Waals surface area contributed by atoms with Crippen LogP contribution in [0.25, 0.3) is 0 Å². The number of unbranched alkanes of at least 4 members (excludes halogenated alkanes) is 3. The zero-order valence-electron chi connectivity index (χ0n) is 17.1. The van der Waals surface area contributed by atoms with Gasteiger partial charge < -0.3 is 9.64 Å². The topological polar surface area (TPSA) is 133 Å². The van der Waals surface area contributed by atoms with Crippen LogP contribution in [0.15, 0.2) is 42.5 Å². The minimum atomic E-state index is -0.828. The second kappa shape index (κ2) is 11.4. The Labute approximate surface area is 178 Å². The maximum atomic E-state index is 12.1. The van der Waals surface area contributed by atoms with Crippen LogP contribution in [0.2, 0.25) is 0 Å². The molecule has 0 aliphatic rings. The molecule has 0 atom stereocenters. The molecule has 10 nitrogen and oxygen atoms in total. The van der Waals surface area contributed by atoms with Gasteiger partial charge in [-0.1, -0.05) is 6.42 Å². The lowest BCUT2D eigenvalue weighted by Crippen LogP contribution is -2.18. The summed E-state index contributed by atoms with van der Waals surface area (Å²) in [4.78, 5) is 45.1. The third-order valence-electron chi connectivity index (χ3n) is 4.65. The van der Waals surface area contributed by atoms with Gasteiger partial charge in [0.1, 0.15) is 6.29 Å². The molecule has 0 bridgehead atoms. The van der Waals surface area contributed by atoms with Crippen molar-refractivity contribution in [1.29, 1.82) is 0 Å². The van der Waals surface area contributed by atoms with E-state index >= 15 is 0 Å². The van der Waals surface area contributed by atoms with Crippen LogP contribution in [0, 0.1) is 20.2 Å². The molecule has 0 saturated carbocycles. The number of ether oxygens (including phenoxy) is 1. The van der Waals surface area contributed by atoms with Gasteiger partial charge in [0.2, 0.25) is 0 Å². The Bertz CT molecular complexity index is 912. The number of nitrogens with zero attached hydrogens (tertiary/aromatic N) is 3. The van der Waals surface area contributed by atoms with Crippen molar-refractivity contribution in [2.75, 3.05) is 25.1 Å². The fourth-order valence-corrected chi connectivity index (χ4v) is 2.91. The number of carbonyl (C=O) groups excluding carboxylic acids is 2. The molecule has 0 heterocycles. The average Bonchev–Trinajstić information content (AvgIpc) is 2.77. The first kappa shape index (κ1) is 23.5. The minimum absolute atomic E-state index is 0.123. The van der Waals surface area contributed by atoms with Gasteiger partial charge in [-0.05, 0) is 43.5 Å². The molecule has 31 heavy (non-hydrogen) atoms. The highest BCUT2D eigenvalue weighted by Gasteiger charge is 2.20. The van der Waals surface area contributed by atoms with E-state index in [2.05, 4.69) is 4.90 Å². The van der Waals surface area contributed by atoms with Crippen LogP contribution in [0.1, 0.15) is 46.4 Å². The number of benzene rings is 2. The molecule has 2 rings (SSSR count). The van der Waals surface area contributed by atoms with Crippen LogP contribution in [-0.2, 0) is 4.74 Å². The molecule has 0 N–H and O–H groups in total. The van der Waals surface area contributed by atoms with Gasteiger partial charge in [-0.15, -0.1) is 0 Å². The number of nitro benzene ring substituents is 2. The van der Waals surface area contributed by atoms with Gasteiger partial charge in [0.15, 0.2) is 0 Å². The number of anilines is 1. The van der Waals surface area contributed by atoms with E-state index < -0.39 is 27.2 Å². The highest BCUT2D eigenvalue weighted by Crippen LogP contribution is 2.23. The first-order valence-corrected chi connectivity index (χ1v) is 9.69. The SMILES string of the molecule is CN(CCCCCCOC(=O)c1cc([N+](=O)[O-])cc([N+](=O)[O-])c1)c1ccc(C=O)cc1. The Morgan fingerprint density at radius 2 is 1.55 bits per heavy atom. The van der Waals surface area contributed by atoms with Crippen LogP contribution in [0.5, 0.6) is 0 Å². The van der Waals surface area contributed by atoms with Crippen molar-refractivity contribution in [3.63, 3.8) is 0 Å². The molecule has 0 aliphatic carbocycles. The van der Waals surface area contributed by atoms with Gasteiger partial charge in [0, 0.05) is 37.0 Å². The highest BCUT2D eigenvalue weighted by atomic mass is 16.6. The molecule has 0 aromatic heterocycles. The number of non-ortho nitro benzene ring substituents is 2. The number of hydrogen-bond acceptors (Lipinski definition) is 8. The monoisotopic (exact) mass is 429 g/mol. The van der Waals surface area contributed by atoms with Crippen LogP contribution in [0.3, 0.4) is 0 Å². The van der Waals surface area contributed by atoms with E-state index in [-0.39, 0.29) is 12.2 Å². The van der Waals surface area contributed by atoms with Crippen LogP contribution in [-0.4, -0.2) is 42.3 Å². The number of rotatable bonds is 12. The lowest BCUT2D eigenvalue weighted by atomic mass is 10.1. The van der Waals surface area contributed by atoms with Gasteiger partial charge in [-0.2, -0.15) is 0 Å². The molecule has 164 valence electrons. The van der Waals surface area contributed by atoms with Gasteiger partial charge in [-0.3, -0.25) is 25.0 Å². The van der Waals surface area contributed by atoms with Gasteiger partial charge in [-0.25, -0.2) is 4.79 Å². The molecule has 0 fully saturated rings. The maximum absolute atomic E-state index is 12.1. The smallest absolute Gasteiger partial charge is 0.338 e. The number of hydrogen-bond donors (Lipinski definition) is 0. The Balaban J connectivity index is 1.71. The summed E-state index contributed by atoms with van der Waals surface area (Å²) in [6.07, 6.45) is 4.07. The third-order valence-corrected chi connectivity index (χ3v) is 4.65. The molecule has 0 amide bonds. The van der Waals surface area contributed by atoms with Crippen LogP contribution in [0.4, 0.5) is 17.1 Å². The summed E-state index contributed by atoms with van der Waals surface area (Å²) in [6.45, 7) is 0.954. The normalized spacial score (nSPS) is 10.4. The van der Waals surface area contributed by atoms with Crippen LogP contribution >= 0.6 is 0 Å². The Morgan fingerprint density at radius 1 is 0.968 bits per heavy atom. The van der Waals surface area contributed by atoms with Crippen molar-refractivity contribution in [3.8, 4) is 0 Å². The average molecular weight is 429 g/mol. The lowest BCUT2D eigenvalue weighted by Gasteiger charge is -2.19. The third kappa shape index (κ3) is 7.18. The van der Waals surface area contributed by atoms with Crippen molar-refractivity contribution in [2.45, 2.75) is 25.7 Å². The summed E-state index contributed by atoms with van der Waals surface area (Å²) in [5.41, 5.74) is 0.359. The maximum Gasteiger partial charge on any atom is 0.338 e. The molecule has 2 aromatic carbocycles. The predicted octanol–water partition coefficient (Wildman–Crippen LogP) is 4.17. The van der Waals surface area contributed by atoms with Gasteiger partial charge >= 0.3 is 5.97 Å². The van der Waals surface area contributed by atoms with Crippen molar-refractivity contribution in [3.05, 3.63) is 73.8 Å². The molecule has 10 heteroatoms. The van der Waals surface area contributed by atoms with Crippen molar-refractivity contribution >= 4 is 29.3 Å². The van der Waals surface area contributed by atoms with Gasteiger partial charge in [0.05, 0.1) is 28.1 Å². The zero-order chi connectivity index (χ0) is 22.8. The number of carbonyl (C=O) groups is 2. The summed E-state index contributed by atoms with van der Waals surface area (Å²) in [5, 5.41) is 21.8. The highest BCUT2D eigenvalue weighted by molar-refractivity contribution is 5.91. The standard InChI is InChI=1S/C21H23N3O7/c1-22(18-8-6-16(15-25)7-9-18)10-4-2-3-5-11-31-21(26)17-12-19(23(27)28)14-20(13-17)24(29)30/h6-9,12-15H,2-5,10-11H2,1H3. The van der Waals surface area contributed by atoms with Crippen LogP contribution < -0.4 is 4.90 Å². The molecule has 0 saturated heterocycles. The van der Waals surface area contributed by atoms with E-state index in [1.54, 1.807) is 12.1 Å². The zero-order valence-corrected chi connectivity index (χ0v) is 17.1. The molecule has 0 unspecified atom stereocenters. The van der Waals surface area contributed by atoms with E-state index in [1.165, 1.54) is 0 Å². The van der Waals surface area contributed by atoms with E-state index in [0.29, 0.717) is 12.0 Å². The minimum Gasteiger partial charge on any atom is -0.462 e. The first-order chi connectivity index (χ1) is 14.8. The molecular weight excluding hydrogens is 406 g/mol. The molecule has 0 radical (unpaired) electrons. The predicted molar refractivity (Wildman–Crippen MR) is 114 cm³/mol. The van der Waals surface area contributed by atoms with Crippen molar-refractivity contribution in [1.82, 2.24) is 0 Å². The van der Waals surface area contributed by atoms with Gasteiger partial charge in [0.25, 0.3) is 11.4 Å². The molecule has 0 aliphatic heterocycles. The lowest BCUT2D eigenvalue weighted by molar-refractivity contribution is -0.394. The summed E-state index contributed by atoms with van der Waals surface area (Å²) in [5.74, 6) is -0.828. The van der Waals surface area contributed by atoms with E-state index in [0.717, 1.165) is 56.0 Å². The van der Waals surface area contributed by atoms with E-state index in [9.17, 15) is 29.8 Å². The fourth-order valence-electron chi connectivity index (χ4n) is 2.91. The summed E-state index contributed by atoms with van der Waals surface area (Å²) in [6, 6.07) is 10.0. The van der Waals surface area contributed by atoms with E-state index in [1.807, 2.05) is 19.2 Å². The Kier molecular flexibility index (Phi) is 8.62. The largest absolute Gasteiger partial charge is 0.462 e. The van der Waals surface area contributed by atoms with Crippen molar-refractivity contribution in [2.24, 2.45) is 0 Å². The number of aldehydes is 1. The second-order valence-electron chi connectivity index (χ2n) is 6.93. The molecule has 2 aromatic rings. The second-order valence-corrected chi connectivity index (χ2v) is 6.93. The molecule has 0 spiro atoms. The quantitative estimate of drug-likeness (QED) is 0.161. The molecular formula is C21H23N3O7. The summed E-state index contributed by atoms with van der Waals surface area (Å²) in [7, 11) is 1.97. The Morgan fingerprint density at radius 3 is 2.10 bits per heavy atom. The van der Waals surface area contributed by atoms with Crippen molar-refractivity contribution < 1.29 is 24.2 Å². The number of nitro groups is 2. The number of esters is 1. The first-order valence-electron chi connectivity index (χ1n) is 9.69. The van der Waals surface area contributed by atoms with E-state index in [4.69, 9.17) is 4.74 Å². The fraction of sp³-hybridized carbons (Fsp3) is 0.333.